The maximum atomic E-state index is 4.72. The van der Waals surface area contributed by atoms with E-state index in [0.29, 0.717) is 0 Å². The molecule has 0 saturated heterocycles. The van der Waals surface area contributed by atoms with Crippen LogP contribution in [0.4, 0.5) is 0 Å². The second-order valence-electron chi connectivity index (χ2n) is 9.94. The summed E-state index contributed by atoms with van der Waals surface area (Å²) in [6, 6.07) is 15.5. The molecule has 0 saturated carbocycles. The lowest BCUT2D eigenvalue weighted by Gasteiger charge is -2.17. The number of aromatic nitrogens is 3. The van der Waals surface area contributed by atoms with Gasteiger partial charge < -0.3 is 0 Å². The molecule has 0 bridgehead atoms. The molecule has 0 radical (unpaired) electrons. The van der Waals surface area contributed by atoms with E-state index in [1.165, 1.54) is 38.9 Å². The van der Waals surface area contributed by atoms with Crippen LogP contribution in [0.3, 0.4) is 0 Å². The summed E-state index contributed by atoms with van der Waals surface area (Å²) in [5.74, 6) is 0. The average molecular weight is 411 g/mol. The van der Waals surface area contributed by atoms with Gasteiger partial charge in [0.05, 0.1) is 17.6 Å². The summed E-state index contributed by atoms with van der Waals surface area (Å²) in [4.78, 5) is 9.39. The van der Waals surface area contributed by atoms with Gasteiger partial charge in [-0.05, 0) is 61.9 Å². The van der Waals surface area contributed by atoms with E-state index in [0.717, 1.165) is 23.4 Å². The van der Waals surface area contributed by atoms with Gasteiger partial charge >= 0.3 is 0 Å². The molecule has 2 aromatic carbocycles. The highest BCUT2D eigenvalue weighted by Crippen LogP contribution is 2.28. The van der Waals surface area contributed by atoms with Crippen LogP contribution in [0.1, 0.15) is 43.2 Å². The van der Waals surface area contributed by atoms with Crippen molar-refractivity contribution in [3.8, 4) is 22.5 Å². The average Bonchev–Trinajstić information content (AvgIpc) is 2.70. The molecule has 158 valence electrons. The van der Waals surface area contributed by atoms with Gasteiger partial charge in [-0.2, -0.15) is 4.57 Å². The van der Waals surface area contributed by atoms with Gasteiger partial charge in [-0.25, -0.2) is 0 Å². The monoisotopic (exact) mass is 410 g/mol. The number of hydrogen-bond donors (Lipinski definition) is 0. The van der Waals surface area contributed by atoms with Crippen LogP contribution in [0.15, 0.2) is 54.9 Å². The molecule has 0 spiro atoms. The molecule has 0 N–H and O–H groups in total. The summed E-state index contributed by atoms with van der Waals surface area (Å²) >= 11 is 0. The molecule has 3 heteroatoms. The Morgan fingerprint density at radius 3 is 2.29 bits per heavy atom. The van der Waals surface area contributed by atoms with Crippen molar-refractivity contribution >= 4 is 10.9 Å². The zero-order valence-corrected chi connectivity index (χ0v) is 19.7. The van der Waals surface area contributed by atoms with Crippen LogP contribution in [0.2, 0.25) is 0 Å². The van der Waals surface area contributed by atoms with Crippen molar-refractivity contribution in [2.24, 2.45) is 12.5 Å². The van der Waals surface area contributed by atoms with E-state index in [-0.39, 0.29) is 5.41 Å². The lowest BCUT2D eigenvalue weighted by Crippen LogP contribution is -2.32. The zero-order valence-electron chi connectivity index (χ0n) is 19.7. The second kappa shape index (κ2) is 7.88. The van der Waals surface area contributed by atoms with Gasteiger partial charge in [-0.3, -0.25) is 9.97 Å². The third-order valence-electron chi connectivity index (χ3n) is 5.97. The van der Waals surface area contributed by atoms with Crippen LogP contribution in [-0.4, -0.2) is 9.97 Å². The predicted molar refractivity (Wildman–Crippen MR) is 129 cm³/mol. The minimum atomic E-state index is 0.204. The SMILES string of the molecule is Cc1cc(C)c(C)c(-c2ccc3ccc(-c4cnc(CC(C)(C)C)cn4)cc3[n+]2C)c1. The quantitative estimate of drug-likeness (QED) is 0.371. The van der Waals surface area contributed by atoms with Crippen molar-refractivity contribution in [3.63, 3.8) is 0 Å². The van der Waals surface area contributed by atoms with Crippen LogP contribution < -0.4 is 4.57 Å². The van der Waals surface area contributed by atoms with Gasteiger partial charge in [-0.1, -0.05) is 38.5 Å². The number of benzene rings is 2. The third kappa shape index (κ3) is 4.36. The maximum absolute atomic E-state index is 4.72. The Kier molecular flexibility index (Phi) is 5.38. The minimum absolute atomic E-state index is 0.204. The van der Waals surface area contributed by atoms with Gasteiger partial charge in [0.1, 0.15) is 7.05 Å². The summed E-state index contributed by atoms with van der Waals surface area (Å²) < 4.78 is 2.29. The van der Waals surface area contributed by atoms with Crippen molar-refractivity contribution in [3.05, 3.63) is 77.2 Å². The Morgan fingerprint density at radius 1 is 0.871 bits per heavy atom. The molecule has 0 unspecified atom stereocenters. The minimum Gasteiger partial charge on any atom is -0.257 e. The fourth-order valence-electron chi connectivity index (χ4n) is 4.26. The number of rotatable bonds is 3. The summed E-state index contributed by atoms with van der Waals surface area (Å²) in [6.45, 7) is 13.2. The topological polar surface area (TPSA) is 29.7 Å². The first-order valence-electron chi connectivity index (χ1n) is 10.9. The summed E-state index contributed by atoms with van der Waals surface area (Å²) in [5, 5.41) is 1.22. The Balaban J connectivity index is 1.78. The Morgan fingerprint density at radius 2 is 1.61 bits per heavy atom. The molecule has 0 aliphatic heterocycles. The highest BCUT2D eigenvalue weighted by atomic mass is 14.9. The first kappa shape index (κ1) is 21.2. The maximum Gasteiger partial charge on any atom is 0.213 e. The van der Waals surface area contributed by atoms with Crippen LogP contribution in [0.5, 0.6) is 0 Å². The molecule has 2 aromatic heterocycles. The molecule has 0 aliphatic carbocycles. The highest BCUT2D eigenvalue weighted by molar-refractivity contribution is 5.82. The number of pyridine rings is 1. The van der Waals surface area contributed by atoms with Gasteiger partial charge in [0.15, 0.2) is 0 Å². The second-order valence-corrected chi connectivity index (χ2v) is 9.94. The van der Waals surface area contributed by atoms with Gasteiger partial charge in [0, 0.05) is 34.8 Å². The van der Waals surface area contributed by atoms with Gasteiger partial charge in [0.2, 0.25) is 11.2 Å². The normalized spacial score (nSPS) is 11.8. The van der Waals surface area contributed by atoms with Crippen LogP contribution in [0, 0.1) is 26.2 Å². The molecule has 3 nitrogen and oxygen atoms in total. The molecular formula is C28H32N3+. The van der Waals surface area contributed by atoms with E-state index >= 15 is 0 Å². The number of fused-ring (bicyclic) bond motifs is 1. The number of hydrogen-bond acceptors (Lipinski definition) is 2. The molecule has 0 aliphatic rings. The molecule has 2 heterocycles. The first-order valence-corrected chi connectivity index (χ1v) is 10.9. The summed E-state index contributed by atoms with van der Waals surface area (Å²) in [6.07, 6.45) is 4.74. The zero-order chi connectivity index (χ0) is 22.3. The van der Waals surface area contributed by atoms with Crippen molar-refractivity contribution in [1.82, 2.24) is 9.97 Å². The van der Waals surface area contributed by atoms with E-state index in [1.54, 1.807) is 0 Å². The van der Waals surface area contributed by atoms with Crippen molar-refractivity contribution < 1.29 is 4.57 Å². The third-order valence-corrected chi connectivity index (χ3v) is 5.97. The number of aryl methyl sites for hydroxylation is 3. The summed E-state index contributed by atoms with van der Waals surface area (Å²) in [5.41, 5.74) is 10.9. The molecule has 4 rings (SSSR count). The van der Waals surface area contributed by atoms with Crippen LogP contribution >= 0.6 is 0 Å². The Bertz CT molecular complexity index is 1260. The van der Waals surface area contributed by atoms with E-state index in [1.807, 2.05) is 12.4 Å². The van der Waals surface area contributed by atoms with E-state index in [4.69, 9.17) is 4.98 Å². The molecule has 4 aromatic rings. The Hall–Kier alpha value is -3.07. The van der Waals surface area contributed by atoms with Gasteiger partial charge in [0.25, 0.3) is 0 Å². The van der Waals surface area contributed by atoms with E-state index in [9.17, 15) is 0 Å². The molecular weight excluding hydrogens is 378 g/mol. The Labute approximate surface area is 185 Å². The van der Waals surface area contributed by atoms with Gasteiger partial charge in [-0.15, -0.1) is 0 Å². The van der Waals surface area contributed by atoms with E-state index < -0.39 is 0 Å². The first-order chi connectivity index (χ1) is 14.6. The smallest absolute Gasteiger partial charge is 0.213 e. The molecule has 0 amide bonds. The standard InChI is InChI=1S/C28H32N3/c1-18-12-19(2)20(3)24(13-18)26-11-10-21-8-9-22(14-27(21)31(26)7)25-17-29-23(16-30-25)15-28(4,5)6/h8-14,16-17H,15H2,1-7H3/q+1. The fourth-order valence-corrected chi connectivity index (χ4v) is 4.26. The van der Waals surface area contributed by atoms with E-state index in [2.05, 4.69) is 101 Å². The largest absolute Gasteiger partial charge is 0.257 e. The van der Waals surface area contributed by atoms with Crippen molar-refractivity contribution in [1.29, 1.82) is 0 Å². The van der Waals surface area contributed by atoms with Crippen LogP contribution in [-0.2, 0) is 13.5 Å². The predicted octanol–water partition coefficient (Wildman–Crippen LogP) is 6.30. The fraction of sp³-hybridized carbons (Fsp3) is 0.321. The molecule has 31 heavy (non-hydrogen) atoms. The molecule has 0 fully saturated rings. The van der Waals surface area contributed by atoms with Crippen molar-refractivity contribution in [2.45, 2.75) is 48.0 Å². The lowest BCUT2D eigenvalue weighted by atomic mass is 9.91. The number of nitrogens with zero attached hydrogens (tertiary/aromatic N) is 3. The summed E-state index contributed by atoms with van der Waals surface area (Å²) in [7, 11) is 2.15. The van der Waals surface area contributed by atoms with Crippen molar-refractivity contribution in [2.75, 3.05) is 0 Å². The van der Waals surface area contributed by atoms with Crippen LogP contribution in [0.25, 0.3) is 33.4 Å². The lowest BCUT2D eigenvalue weighted by molar-refractivity contribution is -0.633. The molecule has 0 atom stereocenters. The highest BCUT2D eigenvalue weighted by Gasteiger charge is 2.18.